The Kier molecular flexibility index (Phi) is 5.24. The van der Waals surface area contributed by atoms with Crippen LogP contribution in [0.4, 0.5) is 5.69 Å². The number of nitrogens with one attached hydrogen (secondary N) is 1. The van der Waals surface area contributed by atoms with E-state index in [-0.39, 0.29) is 23.3 Å². The molecule has 0 saturated heterocycles. The first kappa shape index (κ1) is 16.3. The number of aryl methyl sites for hydroxylation is 1. The van der Waals surface area contributed by atoms with Crippen molar-refractivity contribution in [2.45, 2.75) is 37.5 Å². The van der Waals surface area contributed by atoms with Gasteiger partial charge >= 0.3 is 0 Å². The number of sulfonamides is 1. The Morgan fingerprint density at radius 2 is 1.95 bits per heavy atom. The zero-order chi connectivity index (χ0) is 15.5. The first-order chi connectivity index (χ1) is 9.94. The Morgan fingerprint density at radius 3 is 2.57 bits per heavy atom. The molecule has 118 valence electrons. The van der Waals surface area contributed by atoms with Gasteiger partial charge in [0.2, 0.25) is 10.0 Å². The van der Waals surface area contributed by atoms with Crippen molar-refractivity contribution in [3.63, 3.8) is 0 Å². The first-order valence-electron chi connectivity index (χ1n) is 7.40. The zero-order valence-electron chi connectivity index (χ0n) is 12.4. The van der Waals surface area contributed by atoms with Crippen LogP contribution in [-0.2, 0) is 10.0 Å². The molecule has 1 aliphatic carbocycles. The summed E-state index contributed by atoms with van der Waals surface area (Å²) in [6.07, 6.45) is 4.16. The number of hydrogen-bond donors (Lipinski definition) is 3. The predicted octanol–water partition coefficient (Wildman–Crippen LogP) is 1.65. The van der Waals surface area contributed by atoms with Crippen molar-refractivity contribution in [2.24, 2.45) is 11.8 Å². The predicted molar refractivity (Wildman–Crippen MR) is 83.3 cm³/mol. The molecule has 0 aromatic heterocycles. The van der Waals surface area contributed by atoms with Gasteiger partial charge in [0.25, 0.3) is 0 Å². The van der Waals surface area contributed by atoms with Crippen molar-refractivity contribution in [2.75, 3.05) is 18.9 Å². The van der Waals surface area contributed by atoms with Crippen molar-refractivity contribution < 1.29 is 13.5 Å². The molecule has 4 N–H and O–H groups in total. The van der Waals surface area contributed by atoms with Crippen LogP contribution in [0.3, 0.4) is 0 Å². The summed E-state index contributed by atoms with van der Waals surface area (Å²) >= 11 is 0. The highest BCUT2D eigenvalue weighted by atomic mass is 32.2. The van der Waals surface area contributed by atoms with E-state index in [9.17, 15) is 13.5 Å². The van der Waals surface area contributed by atoms with E-state index >= 15 is 0 Å². The second-order valence-electron chi connectivity index (χ2n) is 5.86. The molecule has 1 aromatic rings. The largest absolute Gasteiger partial charge is 0.399 e. The quantitative estimate of drug-likeness (QED) is 0.721. The number of benzene rings is 1. The second-order valence-corrected chi connectivity index (χ2v) is 7.60. The van der Waals surface area contributed by atoms with Gasteiger partial charge in [0, 0.05) is 18.8 Å². The van der Waals surface area contributed by atoms with E-state index in [4.69, 9.17) is 5.73 Å². The number of rotatable bonds is 5. The van der Waals surface area contributed by atoms with Crippen LogP contribution >= 0.6 is 0 Å². The zero-order valence-corrected chi connectivity index (χ0v) is 13.2. The summed E-state index contributed by atoms with van der Waals surface area (Å²) < 4.78 is 27.5. The van der Waals surface area contributed by atoms with Crippen LogP contribution in [0.15, 0.2) is 23.1 Å². The highest BCUT2D eigenvalue weighted by Crippen LogP contribution is 2.29. The van der Waals surface area contributed by atoms with Crippen molar-refractivity contribution in [1.29, 1.82) is 0 Å². The fourth-order valence-corrected chi connectivity index (χ4v) is 4.38. The fourth-order valence-electron chi connectivity index (χ4n) is 3.06. The third-order valence-electron chi connectivity index (χ3n) is 4.33. The molecule has 1 fully saturated rings. The molecule has 2 unspecified atom stereocenters. The number of hydrogen-bond acceptors (Lipinski definition) is 4. The smallest absolute Gasteiger partial charge is 0.240 e. The minimum Gasteiger partial charge on any atom is -0.399 e. The molecule has 0 amide bonds. The molecule has 5 nitrogen and oxygen atoms in total. The van der Waals surface area contributed by atoms with E-state index < -0.39 is 10.0 Å². The molecule has 0 aliphatic heterocycles. The van der Waals surface area contributed by atoms with E-state index in [0.717, 1.165) is 25.7 Å². The van der Waals surface area contributed by atoms with Gasteiger partial charge in [0.1, 0.15) is 0 Å². The maximum Gasteiger partial charge on any atom is 0.240 e. The first-order valence-corrected chi connectivity index (χ1v) is 8.89. The van der Waals surface area contributed by atoms with Gasteiger partial charge in [0.05, 0.1) is 4.90 Å². The highest BCUT2D eigenvalue weighted by Gasteiger charge is 2.26. The van der Waals surface area contributed by atoms with E-state index in [1.807, 2.05) is 0 Å². The number of nitrogen functional groups attached to an aromatic ring is 1. The Hall–Kier alpha value is -1.11. The van der Waals surface area contributed by atoms with Crippen LogP contribution in [-0.4, -0.2) is 26.7 Å². The van der Waals surface area contributed by atoms with Gasteiger partial charge in [-0.25, -0.2) is 13.1 Å². The fraction of sp³-hybridized carbons (Fsp3) is 0.600. The third kappa shape index (κ3) is 3.96. The lowest BCUT2D eigenvalue weighted by Gasteiger charge is -2.30. The normalized spacial score (nSPS) is 23.1. The van der Waals surface area contributed by atoms with Crippen LogP contribution in [0.2, 0.25) is 0 Å². The highest BCUT2D eigenvalue weighted by molar-refractivity contribution is 7.89. The van der Waals surface area contributed by atoms with E-state index in [1.54, 1.807) is 19.1 Å². The standard InChI is InChI=1S/C15H24N2O3S/c1-11-8-14(16)6-7-15(11)21(19,20)17-9-12-4-2-3-5-13(12)10-18/h6-8,12-13,17-18H,2-5,9-10,16H2,1H3. The lowest BCUT2D eigenvalue weighted by molar-refractivity contribution is 0.136. The van der Waals surface area contributed by atoms with E-state index in [1.165, 1.54) is 6.07 Å². The number of anilines is 1. The number of aliphatic hydroxyl groups is 1. The van der Waals surface area contributed by atoms with Gasteiger partial charge in [-0.3, -0.25) is 0 Å². The molecule has 0 spiro atoms. The van der Waals surface area contributed by atoms with Crippen molar-refractivity contribution in [3.05, 3.63) is 23.8 Å². The summed E-state index contributed by atoms with van der Waals surface area (Å²) in [6, 6.07) is 4.79. The van der Waals surface area contributed by atoms with Gasteiger partial charge in [-0.1, -0.05) is 12.8 Å². The van der Waals surface area contributed by atoms with E-state index in [0.29, 0.717) is 17.8 Å². The summed E-state index contributed by atoms with van der Waals surface area (Å²) in [5.41, 5.74) is 6.85. The monoisotopic (exact) mass is 312 g/mol. The summed E-state index contributed by atoms with van der Waals surface area (Å²) in [5, 5.41) is 9.39. The molecule has 21 heavy (non-hydrogen) atoms. The maximum absolute atomic E-state index is 12.4. The average molecular weight is 312 g/mol. The average Bonchev–Trinajstić information content (AvgIpc) is 2.45. The van der Waals surface area contributed by atoms with Gasteiger partial charge < -0.3 is 10.8 Å². The van der Waals surface area contributed by atoms with Crippen LogP contribution in [0.25, 0.3) is 0 Å². The maximum atomic E-state index is 12.4. The Balaban J connectivity index is 2.07. The lowest BCUT2D eigenvalue weighted by Crippen LogP contribution is -2.35. The second kappa shape index (κ2) is 6.77. The van der Waals surface area contributed by atoms with Crippen LogP contribution in [0.1, 0.15) is 31.2 Å². The molecule has 2 rings (SSSR count). The molecule has 0 heterocycles. The molecule has 6 heteroatoms. The molecule has 0 radical (unpaired) electrons. The van der Waals surface area contributed by atoms with Crippen molar-refractivity contribution in [3.8, 4) is 0 Å². The van der Waals surface area contributed by atoms with E-state index in [2.05, 4.69) is 4.72 Å². The van der Waals surface area contributed by atoms with Gasteiger partial charge in [0.15, 0.2) is 0 Å². The van der Waals surface area contributed by atoms with Crippen LogP contribution < -0.4 is 10.5 Å². The molecular formula is C15H24N2O3S. The summed E-state index contributed by atoms with van der Waals surface area (Å²) in [5.74, 6) is 0.418. The van der Waals surface area contributed by atoms with Crippen LogP contribution in [0, 0.1) is 18.8 Å². The molecule has 0 bridgehead atoms. The van der Waals surface area contributed by atoms with Crippen molar-refractivity contribution in [1.82, 2.24) is 4.72 Å². The summed E-state index contributed by atoms with van der Waals surface area (Å²) in [6.45, 7) is 2.26. The minimum atomic E-state index is -3.53. The van der Waals surface area contributed by atoms with Crippen LogP contribution in [0.5, 0.6) is 0 Å². The number of aliphatic hydroxyl groups excluding tert-OH is 1. The molecule has 1 saturated carbocycles. The molecule has 1 aliphatic rings. The van der Waals surface area contributed by atoms with Gasteiger partial charge in [-0.2, -0.15) is 0 Å². The molecule has 2 atom stereocenters. The third-order valence-corrected chi connectivity index (χ3v) is 5.91. The topological polar surface area (TPSA) is 92.4 Å². The Labute approximate surface area is 126 Å². The molecule has 1 aromatic carbocycles. The Bertz CT molecular complexity index is 587. The Morgan fingerprint density at radius 1 is 1.29 bits per heavy atom. The van der Waals surface area contributed by atoms with Gasteiger partial charge in [-0.05, 0) is 55.4 Å². The summed E-state index contributed by atoms with van der Waals surface area (Å²) in [4.78, 5) is 0.271. The van der Waals surface area contributed by atoms with Crippen molar-refractivity contribution >= 4 is 15.7 Å². The lowest BCUT2D eigenvalue weighted by atomic mass is 9.80. The summed E-state index contributed by atoms with van der Waals surface area (Å²) in [7, 11) is -3.53. The number of nitrogens with two attached hydrogens (primary N) is 1. The molecular weight excluding hydrogens is 288 g/mol. The van der Waals surface area contributed by atoms with Gasteiger partial charge in [-0.15, -0.1) is 0 Å². The minimum absolute atomic E-state index is 0.132. The SMILES string of the molecule is Cc1cc(N)ccc1S(=O)(=O)NCC1CCCCC1CO.